The summed E-state index contributed by atoms with van der Waals surface area (Å²) in [6, 6.07) is 2.19. The Hall–Kier alpha value is -0.840. The lowest BCUT2D eigenvalue weighted by atomic mass is 9.71. The molecule has 0 aromatic carbocycles. The largest absolute Gasteiger partial charge is 0.469 e. The van der Waals surface area contributed by atoms with E-state index in [1.807, 2.05) is 6.92 Å². The molecule has 20 heavy (non-hydrogen) atoms. The summed E-state index contributed by atoms with van der Waals surface area (Å²) in [7, 11) is 1.34. The maximum atomic E-state index is 12.4. The van der Waals surface area contributed by atoms with E-state index in [2.05, 4.69) is 28.7 Å². The number of ether oxygens (including phenoxy) is 2. The average molecular weight is 393 g/mol. The zero-order valence-electron chi connectivity index (χ0n) is 12.0. The molecule has 0 radical (unpaired) electrons. The maximum Gasteiger partial charge on any atom is 0.327 e. The number of carbonyl (C=O) groups is 2. The normalized spacial score (nSPS) is 32.5. The predicted molar refractivity (Wildman–Crippen MR) is 81.0 cm³/mol. The molecule has 0 aromatic heterocycles. The number of hydrogen-bond donors (Lipinski definition) is 0. The Bertz CT molecular complexity index is 420. The topological polar surface area (TPSA) is 76.4 Å². The molecule has 0 spiro atoms. The fourth-order valence-electron chi connectivity index (χ4n) is 3.27. The van der Waals surface area contributed by atoms with Crippen LogP contribution in [-0.2, 0) is 19.1 Å². The summed E-state index contributed by atoms with van der Waals surface area (Å²) >= 11 is 2.16. The monoisotopic (exact) mass is 393 g/mol. The average Bonchev–Trinajstić information content (AvgIpc) is 2.80. The van der Waals surface area contributed by atoms with Crippen molar-refractivity contribution in [3.05, 3.63) is 0 Å². The molecule has 1 rings (SSSR count). The number of halogens is 1. The van der Waals surface area contributed by atoms with Gasteiger partial charge in [-0.05, 0) is 19.3 Å². The van der Waals surface area contributed by atoms with Crippen LogP contribution in [0.4, 0.5) is 0 Å². The smallest absolute Gasteiger partial charge is 0.327 e. The van der Waals surface area contributed by atoms with Crippen molar-refractivity contribution in [1.29, 1.82) is 5.26 Å². The molecule has 1 aliphatic carbocycles. The zero-order valence-corrected chi connectivity index (χ0v) is 14.2. The van der Waals surface area contributed by atoms with Crippen molar-refractivity contribution in [2.24, 2.45) is 23.2 Å². The number of esters is 2. The Morgan fingerprint density at radius 2 is 2.10 bits per heavy atom. The molecule has 1 aliphatic rings. The molecule has 0 N–H and O–H groups in total. The van der Waals surface area contributed by atoms with Gasteiger partial charge in [-0.15, -0.1) is 0 Å². The standard InChI is InChI=1S/C14H20INO4/c1-4-11-10(12(17)19-3)6-9(7-15)14(11,8-16)13(18)20-5-2/h9-11H,4-7H2,1-3H3/t9-,10+,11+,14+/m0/s1. The first-order chi connectivity index (χ1) is 9.53. The highest BCUT2D eigenvalue weighted by Gasteiger charge is 2.62. The number of hydrogen-bond acceptors (Lipinski definition) is 5. The van der Waals surface area contributed by atoms with Crippen LogP contribution in [0.25, 0.3) is 0 Å². The summed E-state index contributed by atoms with van der Waals surface area (Å²) in [6.07, 6.45) is 1.07. The van der Waals surface area contributed by atoms with Crippen molar-refractivity contribution in [3.63, 3.8) is 0 Å². The van der Waals surface area contributed by atoms with E-state index < -0.39 is 17.3 Å². The molecule has 4 atom stereocenters. The third-order valence-corrected chi connectivity index (χ3v) is 5.24. The van der Waals surface area contributed by atoms with E-state index in [0.717, 1.165) is 0 Å². The van der Waals surface area contributed by atoms with E-state index in [1.165, 1.54) is 7.11 Å². The van der Waals surface area contributed by atoms with Crippen molar-refractivity contribution in [1.82, 2.24) is 0 Å². The van der Waals surface area contributed by atoms with Crippen molar-refractivity contribution in [3.8, 4) is 6.07 Å². The van der Waals surface area contributed by atoms with E-state index in [4.69, 9.17) is 9.47 Å². The lowest BCUT2D eigenvalue weighted by Crippen LogP contribution is -2.42. The Balaban J connectivity index is 3.27. The molecule has 0 aromatic rings. The van der Waals surface area contributed by atoms with Crippen LogP contribution in [0.2, 0.25) is 0 Å². The highest BCUT2D eigenvalue weighted by molar-refractivity contribution is 14.1. The molecular weight excluding hydrogens is 373 g/mol. The molecule has 0 bridgehead atoms. The van der Waals surface area contributed by atoms with Crippen molar-refractivity contribution in [2.45, 2.75) is 26.7 Å². The SMILES string of the molecule is CCOC(=O)[C@]1(C#N)[C@H](CI)C[C@@H](C(=O)OC)[C@H]1CC. The Morgan fingerprint density at radius 1 is 1.45 bits per heavy atom. The third kappa shape index (κ3) is 2.65. The van der Waals surface area contributed by atoms with Gasteiger partial charge in [0.2, 0.25) is 0 Å². The summed E-state index contributed by atoms with van der Waals surface area (Å²) in [5.74, 6) is -1.77. The van der Waals surface area contributed by atoms with E-state index in [-0.39, 0.29) is 24.4 Å². The number of methoxy groups -OCH3 is 1. The molecule has 5 nitrogen and oxygen atoms in total. The zero-order chi connectivity index (χ0) is 15.3. The second kappa shape index (κ2) is 7.25. The third-order valence-electron chi connectivity index (χ3n) is 4.18. The fraction of sp³-hybridized carbons (Fsp3) is 0.786. The molecule has 0 saturated heterocycles. The Morgan fingerprint density at radius 3 is 2.50 bits per heavy atom. The number of alkyl halides is 1. The summed E-state index contributed by atoms with van der Waals surface area (Å²) < 4.78 is 10.6. The van der Waals surface area contributed by atoms with Gasteiger partial charge in [0.05, 0.1) is 25.7 Å². The van der Waals surface area contributed by atoms with Gasteiger partial charge in [-0.25, -0.2) is 0 Å². The van der Waals surface area contributed by atoms with Gasteiger partial charge in [0.1, 0.15) is 0 Å². The van der Waals surface area contributed by atoms with Crippen LogP contribution in [0.3, 0.4) is 0 Å². The van der Waals surface area contributed by atoms with Gasteiger partial charge in [0.15, 0.2) is 5.41 Å². The quantitative estimate of drug-likeness (QED) is 0.407. The summed E-state index contributed by atoms with van der Waals surface area (Å²) in [5.41, 5.74) is -1.23. The second-order valence-corrected chi connectivity index (χ2v) is 5.81. The number of carbonyl (C=O) groups excluding carboxylic acids is 2. The van der Waals surface area contributed by atoms with E-state index >= 15 is 0 Å². The van der Waals surface area contributed by atoms with Crippen LogP contribution < -0.4 is 0 Å². The summed E-state index contributed by atoms with van der Waals surface area (Å²) in [6.45, 7) is 3.84. The van der Waals surface area contributed by atoms with Crippen LogP contribution in [0, 0.1) is 34.5 Å². The maximum absolute atomic E-state index is 12.4. The van der Waals surface area contributed by atoms with Gasteiger partial charge < -0.3 is 9.47 Å². The lowest BCUT2D eigenvalue weighted by molar-refractivity contribution is -0.157. The Labute approximate surface area is 133 Å². The molecule has 1 saturated carbocycles. The Kier molecular flexibility index (Phi) is 6.24. The molecule has 0 amide bonds. The number of rotatable bonds is 5. The number of nitriles is 1. The van der Waals surface area contributed by atoms with Crippen LogP contribution in [0.5, 0.6) is 0 Å². The molecule has 6 heteroatoms. The molecular formula is C14H20INO4. The summed E-state index contributed by atoms with van der Waals surface area (Å²) in [5, 5.41) is 9.68. The molecule has 112 valence electrons. The van der Waals surface area contributed by atoms with Crippen molar-refractivity contribution in [2.75, 3.05) is 18.1 Å². The van der Waals surface area contributed by atoms with Gasteiger partial charge >= 0.3 is 11.9 Å². The first-order valence-electron chi connectivity index (χ1n) is 6.75. The molecule has 0 heterocycles. The van der Waals surface area contributed by atoms with Crippen molar-refractivity contribution >= 4 is 34.5 Å². The van der Waals surface area contributed by atoms with Crippen LogP contribution in [-0.4, -0.2) is 30.1 Å². The first-order valence-corrected chi connectivity index (χ1v) is 8.28. The van der Waals surface area contributed by atoms with Crippen LogP contribution in [0.1, 0.15) is 26.7 Å². The molecule has 0 unspecified atom stereocenters. The minimum Gasteiger partial charge on any atom is -0.469 e. The second-order valence-electron chi connectivity index (χ2n) is 4.93. The number of nitrogens with zero attached hydrogens (tertiary/aromatic N) is 1. The van der Waals surface area contributed by atoms with E-state index in [1.54, 1.807) is 6.92 Å². The van der Waals surface area contributed by atoms with Crippen LogP contribution >= 0.6 is 22.6 Å². The predicted octanol–water partition coefficient (Wildman–Crippen LogP) is 2.33. The van der Waals surface area contributed by atoms with Gasteiger partial charge in [-0.2, -0.15) is 5.26 Å². The lowest BCUT2D eigenvalue weighted by Gasteiger charge is -2.31. The van der Waals surface area contributed by atoms with Gasteiger partial charge in [0, 0.05) is 10.3 Å². The van der Waals surface area contributed by atoms with E-state index in [9.17, 15) is 14.9 Å². The van der Waals surface area contributed by atoms with Crippen molar-refractivity contribution < 1.29 is 19.1 Å². The highest BCUT2D eigenvalue weighted by atomic mass is 127. The first kappa shape index (κ1) is 17.2. The molecule has 1 fully saturated rings. The van der Waals surface area contributed by atoms with E-state index in [0.29, 0.717) is 17.3 Å². The summed E-state index contributed by atoms with van der Waals surface area (Å²) in [4.78, 5) is 24.3. The minimum atomic E-state index is -1.23. The highest BCUT2D eigenvalue weighted by Crippen LogP contribution is 2.54. The minimum absolute atomic E-state index is 0.179. The van der Waals surface area contributed by atoms with Gasteiger partial charge in [0.25, 0.3) is 0 Å². The fourth-order valence-corrected chi connectivity index (χ4v) is 4.32. The van der Waals surface area contributed by atoms with Gasteiger partial charge in [-0.3, -0.25) is 9.59 Å². The molecule has 0 aliphatic heterocycles. The van der Waals surface area contributed by atoms with Gasteiger partial charge in [-0.1, -0.05) is 35.9 Å². The van der Waals surface area contributed by atoms with Crippen LogP contribution in [0.15, 0.2) is 0 Å².